The molecule has 2 N–H and O–H groups in total. The summed E-state index contributed by atoms with van der Waals surface area (Å²) in [7, 11) is 0. The first-order chi connectivity index (χ1) is 17.6. The van der Waals surface area contributed by atoms with E-state index in [1.54, 1.807) is 24.3 Å². The average Bonchev–Trinajstić information content (AvgIpc) is 2.86. The molecule has 0 aliphatic rings. The van der Waals surface area contributed by atoms with Crippen LogP contribution in [0, 0.1) is 47.4 Å². The molecule has 0 aliphatic heterocycles. The van der Waals surface area contributed by atoms with E-state index in [0.29, 0.717) is 5.56 Å². The lowest BCUT2D eigenvalue weighted by molar-refractivity contribution is -0.393. The SMILES string of the molecule is Cc1ccc(C(C=NNc2ccc([N+](=O)[O-])cc2[N+](=O)[O-])=NNc2ccc([N+](=O)[O-])cc2[N+](=O)[O-])cc1. The van der Waals surface area contributed by atoms with Crippen LogP contribution < -0.4 is 10.9 Å². The summed E-state index contributed by atoms with van der Waals surface area (Å²) in [4.78, 5) is 41.4. The topological polar surface area (TPSA) is 221 Å². The normalized spacial score (nSPS) is 11.2. The Morgan fingerprint density at radius 1 is 0.703 bits per heavy atom. The van der Waals surface area contributed by atoms with Crippen LogP contribution in [0.15, 0.2) is 70.9 Å². The fourth-order valence-corrected chi connectivity index (χ4v) is 2.93. The summed E-state index contributed by atoms with van der Waals surface area (Å²) in [6, 6.07) is 12.8. The fourth-order valence-electron chi connectivity index (χ4n) is 2.93. The lowest BCUT2D eigenvalue weighted by Gasteiger charge is -2.06. The third-order valence-corrected chi connectivity index (χ3v) is 4.79. The molecule has 0 radical (unpaired) electrons. The van der Waals surface area contributed by atoms with Gasteiger partial charge < -0.3 is 0 Å². The molecule has 188 valence electrons. The van der Waals surface area contributed by atoms with Gasteiger partial charge in [0.2, 0.25) is 0 Å². The van der Waals surface area contributed by atoms with Gasteiger partial charge in [-0.3, -0.25) is 51.3 Å². The van der Waals surface area contributed by atoms with Crippen LogP contribution >= 0.6 is 0 Å². The van der Waals surface area contributed by atoms with E-state index in [4.69, 9.17) is 0 Å². The number of hydrogen-bond acceptors (Lipinski definition) is 12. The van der Waals surface area contributed by atoms with Crippen molar-refractivity contribution in [1.29, 1.82) is 0 Å². The van der Waals surface area contributed by atoms with Crippen LogP contribution in [0.4, 0.5) is 34.1 Å². The molecule has 0 saturated heterocycles. The fraction of sp³-hybridized carbons (Fsp3) is 0.0476. The first-order valence-corrected chi connectivity index (χ1v) is 10.1. The molecule has 3 rings (SSSR count). The molecule has 37 heavy (non-hydrogen) atoms. The van der Waals surface area contributed by atoms with Crippen molar-refractivity contribution in [3.63, 3.8) is 0 Å². The van der Waals surface area contributed by atoms with Gasteiger partial charge in [-0.1, -0.05) is 29.8 Å². The van der Waals surface area contributed by atoms with Gasteiger partial charge in [0, 0.05) is 17.7 Å². The van der Waals surface area contributed by atoms with Crippen molar-refractivity contribution in [1.82, 2.24) is 0 Å². The molecule has 0 spiro atoms. The van der Waals surface area contributed by atoms with Gasteiger partial charge in [0.15, 0.2) is 0 Å². The van der Waals surface area contributed by atoms with Gasteiger partial charge in [0.25, 0.3) is 11.4 Å². The summed E-state index contributed by atoms with van der Waals surface area (Å²) in [6.07, 6.45) is 1.17. The predicted molar refractivity (Wildman–Crippen MR) is 133 cm³/mol. The van der Waals surface area contributed by atoms with E-state index in [-0.39, 0.29) is 17.1 Å². The number of nitro benzene ring substituents is 4. The molecule has 0 unspecified atom stereocenters. The molecular formula is C21H16N8O8. The molecular weight excluding hydrogens is 492 g/mol. The lowest BCUT2D eigenvalue weighted by Crippen LogP contribution is -2.09. The minimum absolute atomic E-state index is 0.129. The van der Waals surface area contributed by atoms with Gasteiger partial charge in [-0.25, -0.2) is 0 Å². The molecule has 0 saturated carbocycles. The highest BCUT2D eigenvalue weighted by Crippen LogP contribution is 2.30. The third kappa shape index (κ3) is 6.41. The third-order valence-electron chi connectivity index (χ3n) is 4.79. The predicted octanol–water partition coefficient (Wildman–Crippen LogP) is 4.54. The number of benzene rings is 3. The smallest absolute Gasteiger partial charge is 0.272 e. The van der Waals surface area contributed by atoms with E-state index in [0.717, 1.165) is 42.0 Å². The maximum absolute atomic E-state index is 11.4. The second-order valence-corrected chi connectivity index (χ2v) is 7.28. The Morgan fingerprint density at radius 2 is 1.19 bits per heavy atom. The number of aryl methyl sites for hydroxylation is 1. The van der Waals surface area contributed by atoms with Gasteiger partial charge >= 0.3 is 11.4 Å². The highest BCUT2D eigenvalue weighted by atomic mass is 16.6. The number of anilines is 2. The quantitative estimate of drug-likeness (QED) is 0.221. The maximum atomic E-state index is 11.4. The molecule has 0 aromatic heterocycles. The van der Waals surface area contributed by atoms with Crippen molar-refractivity contribution in [3.05, 3.63) is 112 Å². The maximum Gasteiger partial charge on any atom is 0.301 e. The molecule has 16 heteroatoms. The second kappa shape index (κ2) is 11.1. The summed E-state index contributed by atoms with van der Waals surface area (Å²) in [6.45, 7) is 1.85. The summed E-state index contributed by atoms with van der Waals surface area (Å²) in [5.41, 5.74) is 4.11. The van der Waals surface area contributed by atoms with Crippen LogP contribution in [0.2, 0.25) is 0 Å². The van der Waals surface area contributed by atoms with Crippen LogP contribution in [0.5, 0.6) is 0 Å². The van der Waals surface area contributed by atoms with E-state index < -0.39 is 42.4 Å². The first kappa shape index (κ1) is 25.8. The highest BCUT2D eigenvalue weighted by molar-refractivity contribution is 6.38. The summed E-state index contributed by atoms with van der Waals surface area (Å²) < 4.78 is 0. The molecule has 0 heterocycles. The number of hydrazone groups is 2. The Morgan fingerprint density at radius 3 is 1.65 bits per heavy atom. The number of non-ortho nitro benzene ring substituents is 2. The van der Waals surface area contributed by atoms with Gasteiger partial charge in [-0.2, -0.15) is 10.2 Å². The standard InChI is InChI=1S/C21H16N8O8/c1-13-2-4-14(5-3-13)19(25-24-18-9-7-16(27(32)33)11-21(18)29(36)37)12-22-23-17-8-6-15(26(30)31)10-20(17)28(34)35/h2-12,23-24H,1H3. The Hall–Kier alpha value is -5.80. The Kier molecular flexibility index (Phi) is 7.73. The van der Waals surface area contributed by atoms with Crippen molar-refractivity contribution >= 4 is 46.1 Å². The molecule has 0 aliphatic carbocycles. The number of nitrogens with zero attached hydrogens (tertiary/aromatic N) is 6. The highest BCUT2D eigenvalue weighted by Gasteiger charge is 2.20. The van der Waals surface area contributed by atoms with Crippen LogP contribution in [-0.4, -0.2) is 31.6 Å². The van der Waals surface area contributed by atoms with Gasteiger partial charge in [0.05, 0.1) is 38.0 Å². The van der Waals surface area contributed by atoms with Crippen molar-refractivity contribution in [3.8, 4) is 0 Å². The van der Waals surface area contributed by atoms with Crippen molar-refractivity contribution in [2.24, 2.45) is 10.2 Å². The lowest BCUT2D eigenvalue weighted by atomic mass is 10.1. The molecule has 0 fully saturated rings. The van der Waals surface area contributed by atoms with Crippen molar-refractivity contribution < 1.29 is 19.7 Å². The average molecular weight is 508 g/mol. The molecule has 0 atom stereocenters. The number of rotatable bonds is 10. The monoisotopic (exact) mass is 508 g/mol. The summed E-state index contributed by atoms with van der Waals surface area (Å²) in [5.74, 6) is 0. The molecule has 3 aromatic carbocycles. The summed E-state index contributed by atoms with van der Waals surface area (Å²) in [5, 5.41) is 52.6. The Bertz CT molecular complexity index is 1450. The summed E-state index contributed by atoms with van der Waals surface area (Å²) >= 11 is 0. The molecule has 3 aromatic rings. The Balaban J connectivity index is 1.95. The number of hydrogen-bond donors (Lipinski definition) is 2. The van der Waals surface area contributed by atoms with E-state index in [1.807, 2.05) is 6.92 Å². The van der Waals surface area contributed by atoms with Crippen LogP contribution in [0.1, 0.15) is 11.1 Å². The van der Waals surface area contributed by atoms with Gasteiger partial charge in [-0.05, 0) is 19.1 Å². The van der Waals surface area contributed by atoms with Crippen molar-refractivity contribution in [2.75, 3.05) is 10.9 Å². The largest absolute Gasteiger partial charge is 0.301 e. The second-order valence-electron chi connectivity index (χ2n) is 7.28. The Labute approximate surface area is 206 Å². The minimum Gasteiger partial charge on any atom is -0.272 e. The zero-order chi connectivity index (χ0) is 27.1. The molecule has 0 amide bonds. The van der Waals surface area contributed by atoms with Gasteiger partial charge in [-0.15, -0.1) is 0 Å². The van der Waals surface area contributed by atoms with Crippen LogP contribution in [-0.2, 0) is 0 Å². The van der Waals surface area contributed by atoms with Crippen LogP contribution in [0.3, 0.4) is 0 Å². The van der Waals surface area contributed by atoms with E-state index in [9.17, 15) is 40.5 Å². The number of nitrogens with one attached hydrogen (secondary N) is 2. The van der Waals surface area contributed by atoms with Gasteiger partial charge in [0.1, 0.15) is 17.1 Å². The van der Waals surface area contributed by atoms with Crippen LogP contribution in [0.25, 0.3) is 0 Å². The van der Waals surface area contributed by atoms with E-state index >= 15 is 0 Å². The van der Waals surface area contributed by atoms with E-state index in [1.165, 1.54) is 6.21 Å². The first-order valence-electron chi connectivity index (χ1n) is 10.1. The molecule has 16 nitrogen and oxygen atoms in total. The zero-order valence-electron chi connectivity index (χ0n) is 18.8. The minimum atomic E-state index is -0.810. The van der Waals surface area contributed by atoms with E-state index in [2.05, 4.69) is 21.1 Å². The zero-order valence-corrected chi connectivity index (χ0v) is 18.8. The number of nitro groups is 4. The molecule has 0 bridgehead atoms. The van der Waals surface area contributed by atoms with Crippen molar-refractivity contribution in [2.45, 2.75) is 6.92 Å².